The Morgan fingerprint density at radius 1 is 1.06 bits per heavy atom. The van der Waals surface area contributed by atoms with Crippen LogP contribution in [0.25, 0.3) is 0 Å². The highest BCUT2D eigenvalue weighted by Crippen LogP contribution is 2.05. The highest BCUT2D eigenvalue weighted by molar-refractivity contribution is 7.86. The van der Waals surface area contributed by atoms with Crippen LogP contribution in [-0.4, -0.2) is 68.6 Å². The van der Waals surface area contributed by atoms with Gasteiger partial charge in [0, 0.05) is 34.2 Å². The normalized spacial score (nSPS) is 12.2. The summed E-state index contributed by atoms with van der Waals surface area (Å²) in [5.74, 6) is -0.238. The van der Waals surface area contributed by atoms with Crippen LogP contribution in [0, 0.1) is 0 Å². The third-order valence-electron chi connectivity index (χ3n) is 2.28. The van der Waals surface area contributed by atoms with Crippen LogP contribution in [0.15, 0.2) is 0 Å². The van der Waals surface area contributed by atoms with Crippen LogP contribution in [0.2, 0.25) is 0 Å². The molecule has 0 aliphatic rings. The maximum Gasteiger partial charge on any atom is 0.282 e. The maximum atomic E-state index is 11.9. The monoisotopic (exact) mass is 251 g/mol. The average Bonchev–Trinajstić information content (AvgIpc) is 2.18. The van der Waals surface area contributed by atoms with E-state index >= 15 is 0 Å². The molecule has 0 rings (SSSR count). The van der Waals surface area contributed by atoms with Crippen molar-refractivity contribution in [2.75, 3.05) is 40.8 Å². The Labute approximate surface area is 98.0 Å². The lowest BCUT2D eigenvalue weighted by atomic mass is 10.5. The van der Waals surface area contributed by atoms with Crippen molar-refractivity contribution in [1.82, 2.24) is 13.5 Å². The zero-order chi connectivity index (χ0) is 12.9. The van der Waals surface area contributed by atoms with Crippen molar-refractivity contribution in [2.24, 2.45) is 0 Å². The van der Waals surface area contributed by atoms with E-state index in [0.717, 1.165) is 4.31 Å². The number of amides is 1. The van der Waals surface area contributed by atoms with Gasteiger partial charge < -0.3 is 4.90 Å². The fourth-order valence-corrected chi connectivity index (χ4v) is 2.48. The summed E-state index contributed by atoms with van der Waals surface area (Å²) in [5.41, 5.74) is 0. The summed E-state index contributed by atoms with van der Waals surface area (Å²) in [4.78, 5) is 12.8. The molecule has 1 amide bonds. The molecule has 0 fully saturated rings. The highest BCUT2D eigenvalue weighted by atomic mass is 32.2. The van der Waals surface area contributed by atoms with Crippen LogP contribution in [0.4, 0.5) is 0 Å². The molecule has 0 bridgehead atoms. The second-order valence-corrected chi connectivity index (χ2v) is 5.67. The first-order valence-electron chi connectivity index (χ1n) is 5.18. The van der Waals surface area contributed by atoms with E-state index in [1.54, 1.807) is 27.9 Å². The van der Waals surface area contributed by atoms with Crippen LogP contribution in [0.3, 0.4) is 0 Å². The first kappa shape index (κ1) is 15.3. The molecule has 0 aromatic rings. The van der Waals surface area contributed by atoms with Gasteiger partial charge in [-0.2, -0.15) is 17.0 Å². The first-order valence-corrected chi connectivity index (χ1v) is 6.58. The van der Waals surface area contributed by atoms with Gasteiger partial charge in [-0.15, -0.1) is 0 Å². The molecular weight excluding hydrogens is 230 g/mol. The number of rotatable bonds is 6. The van der Waals surface area contributed by atoms with Crippen molar-refractivity contribution < 1.29 is 13.2 Å². The standard InChI is InChI=1S/C9H21N3O3S/c1-6-12(7-2)16(14,15)11(5)8-9(13)10(3)4/h6-8H2,1-5H3. The van der Waals surface area contributed by atoms with E-state index in [2.05, 4.69) is 0 Å². The van der Waals surface area contributed by atoms with E-state index < -0.39 is 10.2 Å². The fourth-order valence-electron chi connectivity index (χ4n) is 1.16. The molecule has 0 radical (unpaired) electrons. The lowest BCUT2D eigenvalue weighted by Crippen LogP contribution is -2.45. The molecule has 96 valence electrons. The van der Waals surface area contributed by atoms with Gasteiger partial charge >= 0.3 is 0 Å². The molecule has 0 aliphatic heterocycles. The molecule has 0 unspecified atom stereocenters. The average molecular weight is 251 g/mol. The summed E-state index contributed by atoms with van der Waals surface area (Å²) in [7, 11) is 1.10. The molecule has 6 nitrogen and oxygen atoms in total. The predicted octanol–water partition coefficient (Wildman–Crippen LogP) is -0.407. The predicted molar refractivity (Wildman–Crippen MR) is 63.2 cm³/mol. The van der Waals surface area contributed by atoms with Gasteiger partial charge in [-0.05, 0) is 0 Å². The van der Waals surface area contributed by atoms with Crippen molar-refractivity contribution in [2.45, 2.75) is 13.8 Å². The van der Waals surface area contributed by atoms with Gasteiger partial charge in [0.05, 0.1) is 6.54 Å². The lowest BCUT2D eigenvalue weighted by Gasteiger charge is -2.25. The zero-order valence-corrected chi connectivity index (χ0v) is 11.4. The number of carbonyl (C=O) groups is 1. The fraction of sp³-hybridized carbons (Fsp3) is 0.889. The van der Waals surface area contributed by atoms with Gasteiger partial charge in [-0.3, -0.25) is 4.79 Å². The summed E-state index contributed by atoms with van der Waals surface area (Å²) in [5, 5.41) is 0. The third kappa shape index (κ3) is 3.73. The molecular formula is C9H21N3O3S. The van der Waals surface area contributed by atoms with Crippen molar-refractivity contribution in [3.05, 3.63) is 0 Å². The SMILES string of the molecule is CCN(CC)S(=O)(=O)N(C)CC(=O)N(C)C. The number of hydrogen-bond donors (Lipinski definition) is 0. The van der Waals surface area contributed by atoms with Gasteiger partial charge in [0.2, 0.25) is 5.91 Å². The number of nitrogens with zero attached hydrogens (tertiary/aromatic N) is 3. The van der Waals surface area contributed by atoms with Gasteiger partial charge in [-0.1, -0.05) is 13.8 Å². The van der Waals surface area contributed by atoms with Crippen LogP contribution in [0.5, 0.6) is 0 Å². The van der Waals surface area contributed by atoms with E-state index in [4.69, 9.17) is 0 Å². The van der Waals surface area contributed by atoms with Gasteiger partial charge in [0.25, 0.3) is 10.2 Å². The van der Waals surface area contributed by atoms with Crippen LogP contribution < -0.4 is 0 Å². The van der Waals surface area contributed by atoms with E-state index in [1.807, 2.05) is 0 Å². The molecule has 7 heteroatoms. The van der Waals surface area contributed by atoms with Crippen molar-refractivity contribution in [3.63, 3.8) is 0 Å². The highest BCUT2D eigenvalue weighted by Gasteiger charge is 2.26. The Bertz CT molecular complexity index is 323. The summed E-state index contributed by atoms with van der Waals surface area (Å²) < 4.78 is 26.3. The summed E-state index contributed by atoms with van der Waals surface area (Å²) >= 11 is 0. The minimum atomic E-state index is -3.51. The van der Waals surface area contributed by atoms with Crippen LogP contribution >= 0.6 is 0 Å². The summed E-state index contributed by atoms with van der Waals surface area (Å²) in [6, 6.07) is 0. The molecule has 0 N–H and O–H groups in total. The van der Waals surface area contributed by atoms with E-state index in [-0.39, 0.29) is 12.5 Å². The summed E-state index contributed by atoms with van der Waals surface area (Å²) in [6.07, 6.45) is 0. The minimum absolute atomic E-state index is 0.133. The molecule has 0 atom stereocenters. The Balaban J connectivity index is 4.71. The summed E-state index contributed by atoms with van der Waals surface area (Å²) in [6.45, 7) is 4.20. The van der Waals surface area contributed by atoms with Crippen molar-refractivity contribution in [3.8, 4) is 0 Å². The number of carbonyl (C=O) groups excluding carboxylic acids is 1. The van der Waals surface area contributed by atoms with Gasteiger partial charge in [0.15, 0.2) is 0 Å². The molecule has 0 heterocycles. The van der Waals surface area contributed by atoms with Crippen LogP contribution in [0.1, 0.15) is 13.8 Å². The quantitative estimate of drug-likeness (QED) is 0.645. The molecule has 0 saturated carbocycles. The van der Waals surface area contributed by atoms with E-state index in [0.29, 0.717) is 13.1 Å². The molecule has 0 aromatic heterocycles. The molecule has 0 saturated heterocycles. The second kappa shape index (κ2) is 6.17. The molecule has 0 aliphatic carbocycles. The largest absolute Gasteiger partial charge is 0.348 e. The van der Waals surface area contributed by atoms with E-state index in [9.17, 15) is 13.2 Å². The minimum Gasteiger partial charge on any atom is -0.348 e. The smallest absolute Gasteiger partial charge is 0.282 e. The Kier molecular flexibility index (Phi) is 5.91. The Morgan fingerprint density at radius 2 is 1.50 bits per heavy atom. The molecule has 0 spiro atoms. The molecule has 0 aromatic carbocycles. The number of likely N-dealkylation sites (N-methyl/N-ethyl adjacent to an activating group) is 2. The zero-order valence-electron chi connectivity index (χ0n) is 10.6. The van der Waals surface area contributed by atoms with Gasteiger partial charge in [-0.25, -0.2) is 0 Å². The first-order chi connectivity index (χ1) is 7.27. The van der Waals surface area contributed by atoms with Crippen molar-refractivity contribution in [1.29, 1.82) is 0 Å². The van der Waals surface area contributed by atoms with E-state index in [1.165, 1.54) is 16.3 Å². The van der Waals surface area contributed by atoms with Gasteiger partial charge in [0.1, 0.15) is 0 Å². The second-order valence-electron chi connectivity index (χ2n) is 3.64. The lowest BCUT2D eigenvalue weighted by molar-refractivity contribution is -0.128. The van der Waals surface area contributed by atoms with Crippen molar-refractivity contribution >= 4 is 16.1 Å². The topological polar surface area (TPSA) is 60.9 Å². The van der Waals surface area contributed by atoms with Crippen LogP contribution in [-0.2, 0) is 15.0 Å². The molecule has 16 heavy (non-hydrogen) atoms. The Hall–Kier alpha value is -0.660. The maximum absolute atomic E-state index is 11.9. The Morgan fingerprint density at radius 3 is 1.81 bits per heavy atom. The third-order valence-corrected chi connectivity index (χ3v) is 4.37. The number of hydrogen-bond acceptors (Lipinski definition) is 3.